The van der Waals surface area contributed by atoms with Gasteiger partial charge in [0.25, 0.3) is 0 Å². The summed E-state index contributed by atoms with van der Waals surface area (Å²) >= 11 is 5.63. The second kappa shape index (κ2) is 6.99. The molecule has 0 saturated carbocycles. The van der Waals surface area contributed by atoms with Gasteiger partial charge in [0.2, 0.25) is 0 Å². The molecular weight excluding hydrogens is 378 g/mol. The fraction of sp³-hybridized carbons (Fsp3) is 0.600. The van der Waals surface area contributed by atoms with Crippen LogP contribution in [0.25, 0.3) is 0 Å². The normalized spacial score (nSPS) is 26.3. The Morgan fingerprint density at radius 3 is 2.86 bits per heavy atom. The van der Waals surface area contributed by atoms with Crippen LogP contribution >= 0.6 is 12.2 Å². The van der Waals surface area contributed by atoms with Crippen LogP contribution in [0.1, 0.15) is 32.8 Å². The number of carbonyl (C=O) groups is 1. The molecule has 1 amide bonds. The van der Waals surface area contributed by atoms with Crippen LogP contribution in [-0.4, -0.2) is 65.1 Å². The molecule has 4 rings (SSSR count). The Morgan fingerprint density at radius 1 is 1.36 bits per heavy atom. The Hall–Kier alpha value is -2.22. The first-order valence-electron chi connectivity index (χ1n) is 9.65. The van der Waals surface area contributed by atoms with E-state index in [0.717, 1.165) is 29.9 Å². The number of likely N-dealkylation sites (tertiary alicyclic amines) is 1. The molecule has 2 unspecified atom stereocenters. The number of nitrogens with zero attached hydrogens (tertiary/aromatic N) is 2. The second-order valence-electron chi connectivity index (χ2n) is 8.45. The zero-order valence-corrected chi connectivity index (χ0v) is 17.5. The Morgan fingerprint density at radius 2 is 2.14 bits per heavy atom. The SMILES string of the molecule is COc1cccc2c1OC[C@H](N1C(=S)NC3C1CCN3C(=O)OC(C)(C)C)C2. The van der Waals surface area contributed by atoms with E-state index < -0.39 is 5.60 Å². The molecule has 3 atom stereocenters. The standard InChI is InChI=1S/C20H27N3O4S/c1-20(2,3)27-19(24)22-9-8-14-17(22)21-18(28)23(14)13-10-12-6-5-7-15(25-4)16(12)26-11-13/h5-7,13-14,17H,8-11H2,1-4H3,(H,21,28)/t13-,14?,17?/m1/s1. The third kappa shape index (κ3) is 3.34. The van der Waals surface area contributed by atoms with Crippen molar-refractivity contribution in [1.29, 1.82) is 0 Å². The largest absolute Gasteiger partial charge is 0.493 e. The molecule has 7 nitrogen and oxygen atoms in total. The molecule has 0 spiro atoms. The number of fused-ring (bicyclic) bond motifs is 2. The minimum absolute atomic E-state index is 0.119. The summed E-state index contributed by atoms with van der Waals surface area (Å²) in [6.45, 7) is 6.81. The molecule has 3 aliphatic heterocycles. The lowest BCUT2D eigenvalue weighted by Crippen LogP contribution is -2.49. The first-order chi connectivity index (χ1) is 13.3. The number of thiocarbonyl (C=S) groups is 1. The van der Waals surface area contributed by atoms with Crippen LogP contribution in [0.3, 0.4) is 0 Å². The Labute approximate surface area is 170 Å². The lowest BCUT2D eigenvalue weighted by Gasteiger charge is -2.36. The summed E-state index contributed by atoms with van der Waals surface area (Å²) in [4.78, 5) is 16.6. The van der Waals surface area contributed by atoms with Gasteiger partial charge in [-0.1, -0.05) is 12.1 Å². The summed E-state index contributed by atoms with van der Waals surface area (Å²) in [6, 6.07) is 6.20. The predicted molar refractivity (Wildman–Crippen MR) is 109 cm³/mol. The van der Waals surface area contributed by atoms with Crippen molar-refractivity contribution >= 4 is 23.4 Å². The van der Waals surface area contributed by atoms with Gasteiger partial charge in [-0.05, 0) is 51.9 Å². The molecule has 28 heavy (non-hydrogen) atoms. The fourth-order valence-corrected chi connectivity index (χ4v) is 4.68. The molecule has 3 aliphatic rings. The molecule has 0 aliphatic carbocycles. The van der Waals surface area contributed by atoms with Gasteiger partial charge in [0.15, 0.2) is 16.6 Å². The smallest absolute Gasteiger partial charge is 0.412 e. The highest BCUT2D eigenvalue weighted by Gasteiger charge is 2.50. The zero-order chi connectivity index (χ0) is 20.1. The Balaban J connectivity index is 1.50. The van der Waals surface area contributed by atoms with Gasteiger partial charge in [-0.25, -0.2) is 4.79 Å². The molecule has 2 fully saturated rings. The number of hydrogen-bond donors (Lipinski definition) is 1. The summed E-state index contributed by atoms with van der Waals surface area (Å²) in [5.41, 5.74) is 0.595. The van der Waals surface area contributed by atoms with Gasteiger partial charge in [0.05, 0.1) is 19.2 Å². The average Bonchev–Trinajstić information content (AvgIpc) is 3.16. The summed E-state index contributed by atoms with van der Waals surface area (Å²) in [6.07, 6.45) is 1.21. The van der Waals surface area contributed by atoms with E-state index in [2.05, 4.69) is 16.3 Å². The van der Waals surface area contributed by atoms with E-state index in [1.54, 1.807) is 12.0 Å². The van der Waals surface area contributed by atoms with Crippen molar-refractivity contribution in [3.63, 3.8) is 0 Å². The lowest BCUT2D eigenvalue weighted by atomic mass is 10.00. The molecule has 1 aromatic rings. The first kappa shape index (κ1) is 19.1. The monoisotopic (exact) mass is 405 g/mol. The number of hydrogen-bond acceptors (Lipinski definition) is 5. The van der Waals surface area contributed by atoms with Crippen molar-refractivity contribution < 1.29 is 19.0 Å². The van der Waals surface area contributed by atoms with Crippen LogP contribution < -0.4 is 14.8 Å². The number of carbonyl (C=O) groups excluding carboxylic acids is 1. The highest BCUT2D eigenvalue weighted by atomic mass is 32.1. The van der Waals surface area contributed by atoms with Crippen molar-refractivity contribution in [2.45, 2.75) is 57.5 Å². The van der Waals surface area contributed by atoms with E-state index >= 15 is 0 Å². The van der Waals surface area contributed by atoms with Crippen molar-refractivity contribution in [3.8, 4) is 11.5 Å². The maximum absolute atomic E-state index is 12.6. The maximum atomic E-state index is 12.6. The molecular formula is C20H27N3O4S. The number of nitrogens with one attached hydrogen (secondary N) is 1. The molecule has 1 aromatic carbocycles. The predicted octanol–water partition coefficient (Wildman–Crippen LogP) is 2.52. The van der Waals surface area contributed by atoms with Crippen molar-refractivity contribution in [3.05, 3.63) is 23.8 Å². The number of benzene rings is 1. The molecule has 152 valence electrons. The molecule has 0 aromatic heterocycles. The Bertz CT molecular complexity index is 794. The summed E-state index contributed by atoms with van der Waals surface area (Å²) in [5, 5.41) is 4.00. The van der Waals surface area contributed by atoms with Crippen LogP contribution in [0, 0.1) is 0 Å². The van der Waals surface area contributed by atoms with Crippen LogP contribution in [0.2, 0.25) is 0 Å². The van der Waals surface area contributed by atoms with Crippen molar-refractivity contribution in [2.24, 2.45) is 0 Å². The van der Waals surface area contributed by atoms with Crippen molar-refractivity contribution in [1.82, 2.24) is 15.1 Å². The molecule has 8 heteroatoms. The minimum atomic E-state index is -0.520. The van der Waals surface area contributed by atoms with E-state index in [-0.39, 0.29) is 24.3 Å². The zero-order valence-electron chi connectivity index (χ0n) is 16.7. The minimum Gasteiger partial charge on any atom is -0.493 e. The van der Waals surface area contributed by atoms with Gasteiger partial charge in [0.1, 0.15) is 18.4 Å². The van der Waals surface area contributed by atoms with E-state index in [4.69, 9.17) is 26.4 Å². The van der Waals surface area contributed by atoms with Gasteiger partial charge in [-0.15, -0.1) is 0 Å². The third-order valence-electron chi connectivity index (χ3n) is 5.41. The fourth-order valence-electron chi connectivity index (χ4n) is 4.27. The highest BCUT2D eigenvalue weighted by molar-refractivity contribution is 7.80. The molecule has 2 saturated heterocycles. The van der Waals surface area contributed by atoms with Gasteiger partial charge >= 0.3 is 6.09 Å². The highest BCUT2D eigenvalue weighted by Crippen LogP contribution is 2.38. The summed E-state index contributed by atoms with van der Waals surface area (Å²) < 4.78 is 17.0. The van der Waals surface area contributed by atoms with E-state index in [9.17, 15) is 4.79 Å². The van der Waals surface area contributed by atoms with Gasteiger partial charge < -0.3 is 24.4 Å². The van der Waals surface area contributed by atoms with Crippen LogP contribution in [0.15, 0.2) is 18.2 Å². The van der Waals surface area contributed by atoms with E-state index in [1.807, 2.05) is 32.9 Å². The number of para-hydroxylation sites is 1. The van der Waals surface area contributed by atoms with Crippen LogP contribution in [0.4, 0.5) is 4.79 Å². The number of rotatable bonds is 2. The first-order valence-corrected chi connectivity index (χ1v) is 10.1. The quantitative estimate of drug-likeness (QED) is 0.759. The summed E-state index contributed by atoms with van der Waals surface area (Å²) in [5.74, 6) is 1.57. The molecule has 3 heterocycles. The maximum Gasteiger partial charge on any atom is 0.412 e. The Kier molecular flexibility index (Phi) is 4.77. The number of ether oxygens (including phenoxy) is 3. The van der Waals surface area contributed by atoms with E-state index in [1.165, 1.54) is 0 Å². The molecule has 0 bridgehead atoms. The number of methoxy groups -OCH3 is 1. The van der Waals surface area contributed by atoms with Crippen LogP contribution in [0.5, 0.6) is 11.5 Å². The molecule has 1 N–H and O–H groups in total. The topological polar surface area (TPSA) is 63.3 Å². The average molecular weight is 406 g/mol. The second-order valence-corrected chi connectivity index (χ2v) is 8.84. The van der Waals surface area contributed by atoms with Gasteiger partial charge in [-0.3, -0.25) is 4.90 Å². The van der Waals surface area contributed by atoms with E-state index in [0.29, 0.717) is 18.3 Å². The van der Waals surface area contributed by atoms with Gasteiger partial charge in [0, 0.05) is 12.1 Å². The number of amides is 1. The summed E-state index contributed by atoms with van der Waals surface area (Å²) in [7, 11) is 1.65. The lowest BCUT2D eigenvalue weighted by molar-refractivity contribution is 0.0203. The van der Waals surface area contributed by atoms with Gasteiger partial charge in [-0.2, -0.15) is 0 Å². The van der Waals surface area contributed by atoms with Crippen LogP contribution in [-0.2, 0) is 11.2 Å². The third-order valence-corrected chi connectivity index (χ3v) is 5.74. The van der Waals surface area contributed by atoms with Crippen molar-refractivity contribution in [2.75, 3.05) is 20.3 Å². The molecule has 0 radical (unpaired) electrons.